The van der Waals surface area contributed by atoms with Gasteiger partial charge in [-0.25, -0.2) is 0 Å². The van der Waals surface area contributed by atoms with Crippen LogP contribution in [0.15, 0.2) is 46.9 Å². The number of benzene rings is 2. The molecule has 0 spiro atoms. The van der Waals surface area contributed by atoms with Crippen LogP contribution in [0, 0.1) is 10.1 Å². The van der Waals surface area contributed by atoms with Gasteiger partial charge >= 0.3 is 0 Å². The van der Waals surface area contributed by atoms with Gasteiger partial charge in [0.15, 0.2) is 0 Å². The quantitative estimate of drug-likeness (QED) is 0.418. The lowest BCUT2D eigenvalue weighted by Gasteiger charge is -1.98. The van der Waals surface area contributed by atoms with Crippen molar-refractivity contribution >= 4 is 51.6 Å². The van der Waals surface area contributed by atoms with E-state index >= 15 is 0 Å². The number of halogens is 3. The highest BCUT2D eigenvalue weighted by Gasteiger charge is 2.14. The van der Waals surface area contributed by atoms with Crippen LogP contribution >= 0.6 is 34.8 Å². The van der Waals surface area contributed by atoms with E-state index in [0.717, 1.165) is 0 Å². The van der Waals surface area contributed by atoms with E-state index in [1.807, 2.05) is 0 Å². The summed E-state index contributed by atoms with van der Waals surface area (Å²) in [5.41, 5.74) is 0.953. The second-order valence-electron chi connectivity index (χ2n) is 4.88. The Balaban J connectivity index is 1.90. The van der Waals surface area contributed by atoms with Crippen molar-refractivity contribution in [3.8, 4) is 11.5 Å². The zero-order chi connectivity index (χ0) is 18.0. The van der Waals surface area contributed by atoms with Gasteiger partial charge in [0, 0.05) is 16.7 Å². The molecule has 0 bridgehead atoms. The molecule has 2 aromatic carbocycles. The number of rotatable bonds is 4. The lowest BCUT2D eigenvalue weighted by atomic mass is 10.2. The zero-order valence-corrected chi connectivity index (χ0v) is 14.6. The first-order chi connectivity index (χ1) is 11.9. The lowest BCUT2D eigenvalue weighted by molar-refractivity contribution is -0.384. The Bertz CT molecular complexity index is 968. The second kappa shape index (κ2) is 7.23. The molecule has 0 amide bonds. The van der Waals surface area contributed by atoms with Crippen molar-refractivity contribution in [3.63, 3.8) is 0 Å². The van der Waals surface area contributed by atoms with Crippen molar-refractivity contribution in [3.05, 3.63) is 74.1 Å². The SMILES string of the molecule is O=[N+]([O-])c1cc(/C=C(\Cl)c2nnc(-c3ccc(Cl)cc3)o2)ccc1Cl. The maximum Gasteiger partial charge on any atom is 0.288 e. The van der Waals surface area contributed by atoms with Gasteiger partial charge in [-0.05, 0) is 42.0 Å². The third-order valence-electron chi connectivity index (χ3n) is 3.18. The monoisotopic (exact) mass is 395 g/mol. The highest BCUT2D eigenvalue weighted by atomic mass is 35.5. The third-order valence-corrected chi connectivity index (χ3v) is 4.02. The number of nitro groups is 1. The molecule has 6 nitrogen and oxygen atoms in total. The molecule has 1 heterocycles. The Morgan fingerprint density at radius 3 is 2.52 bits per heavy atom. The first-order valence-corrected chi connectivity index (χ1v) is 7.98. The van der Waals surface area contributed by atoms with Crippen LogP contribution in [-0.4, -0.2) is 15.1 Å². The van der Waals surface area contributed by atoms with E-state index in [4.69, 9.17) is 39.2 Å². The van der Waals surface area contributed by atoms with Crippen molar-refractivity contribution in [2.45, 2.75) is 0 Å². The van der Waals surface area contributed by atoms with Crippen LogP contribution in [0.25, 0.3) is 22.6 Å². The van der Waals surface area contributed by atoms with Crippen LogP contribution in [0.2, 0.25) is 10.0 Å². The standard InChI is InChI=1S/C16H8Cl3N3O3/c17-11-4-2-10(3-5-11)15-20-21-16(25-15)13(19)7-9-1-6-12(18)14(8-9)22(23)24/h1-8H/b13-7-. The molecule has 0 aliphatic carbocycles. The molecule has 0 aliphatic rings. The molecule has 9 heteroatoms. The van der Waals surface area contributed by atoms with E-state index in [1.165, 1.54) is 18.2 Å². The summed E-state index contributed by atoms with van der Waals surface area (Å²) in [7, 11) is 0. The van der Waals surface area contributed by atoms with Crippen LogP contribution < -0.4 is 0 Å². The van der Waals surface area contributed by atoms with E-state index in [0.29, 0.717) is 16.1 Å². The smallest absolute Gasteiger partial charge is 0.288 e. The Kier molecular flexibility index (Phi) is 5.03. The van der Waals surface area contributed by atoms with Crippen LogP contribution in [0.4, 0.5) is 5.69 Å². The van der Waals surface area contributed by atoms with Crippen molar-refractivity contribution < 1.29 is 9.34 Å². The fourth-order valence-corrected chi connectivity index (χ4v) is 2.51. The van der Waals surface area contributed by atoms with E-state index in [-0.39, 0.29) is 27.5 Å². The molecular weight excluding hydrogens is 389 g/mol. The van der Waals surface area contributed by atoms with Gasteiger partial charge in [-0.2, -0.15) is 0 Å². The molecule has 0 atom stereocenters. The van der Waals surface area contributed by atoms with Gasteiger partial charge in [0.1, 0.15) is 10.1 Å². The topological polar surface area (TPSA) is 82.1 Å². The molecule has 0 fully saturated rings. The summed E-state index contributed by atoms with van der Waals surface area (Å²) in [5.74, 6) is 0.365. The molecule has 3 aromatic rings. The fourth-order valence-electron chi connectivity index (χ4n) is 2.00. The van der Waals surface area contributed by atoms with Gasteiger partial charge in [-0.15, -0.1) is 10.2 Å². The summed E-state index contributed by atoms with van der Waals surface area (Å²) in [4.78, 5) is 10.4. The van der Waals surface area contributed by atoms with E-state index in [1.54, 1.807) is 30.3 Å². The Labute approximate surface area is 156 Å². The molecular formula is C16H8Cl3N3O3. The van der Waals surface area contributed by atoms with Gasteiger partial charge in [-0.1, -0.05) is 40.9 Å². The Morgan fingerprint density at radius 1 is 1.12 bits per heavy atom. The molecule has 0 unspecified atom stereocenters. The molecule has 0 N–H and O–H groups in total. The normalized spacial score (nSPS) is 11.6. The first-order valence-electron chi connectivity index (χ1n) is 6.85. The van der Waals surface area contributed by atoms with Gasteiger partial charge in [0.25, 0.3) is 11.6 Å². The first kappa shape index (κ1) is 17.4. The number of nitro benzene ring substituents is 1. The Morgan fingerprint density at radius 2 is 1.84 bits per heavy atom. The largest absolute Gasteiger partial charge is 0.415 e. The maximum absolute atomic E-state index is 10.9. The summed E-state index contributed by atoms with van der Waals surface area (Å²) in [6.07, 6.45) is 1.48. The number of nitrogens with zero attached hydrogens (tertiary/aromatic N) is 3. The molecule has 3 rings (SSSR count). The summed E-state index contributed by atoms with van der Waals surface area (Å²) >= 11 is 17.8. The lowest BCUT2D eigenvalue weighted by Crippen LogP contribution is -1.89. The summed E-state index contributed by atoms with van der Waals surface area (Å²) in [6, 6.07) is 11.2. The van der Waals surface area contributed by atoms with Crippen LogP contribution in [0.5, 0.6) is 0 Å². The average Bonchev–Trinajstić information content (AvgIpc) is 3.07. The predicted octanol–water partition coefficient (Wildman–Crippen LogP) is 5.69. The molecule has 0 radical (unpaired) electrons. The highest BCUT2D eigenvalue weighted by Crippen LogP contribution is 2.29. The third kappa shape index (κ3) is 3.99. The van der Waals surface area contributed by atoms with Crippen molar-refractivity contribution in [1.82, 2.24) is 10.2 Å². The molecule has 25 heavy (non-hydrogen) atoms. The number of hydrogen-bond acceptors (Lipinski definition) is 5. The average molecular weight is 397 g/mol. The van der Waals surface area contributed by atoms with Crippen molar-refractivity contribution in [1.29, 1.82) is 0 Å². The number of hydrogen-bond donors (Lipinski definition) is 0. The van der Waals surface area contributed by atoms with E-state index < -0.39 is 4.92 Å². The Hall–Kier alpha value is -2.41. The fraction of sp³-hybridized carbons (Fsp3) is 0. The highest BCUT2D eigenvalue weighted by molar-refractivity contribution is 6.50. The zero-order valence-electron chi connectivity index (χ0n) is 12.3. The van der Waals surface area contributed by atoms with Crippen molar-refractivity contribution in [2.75, 3.05) is 0 Å². The second-order valence-corrected chi connectivity index (χ2v) is 6.13. The minimum Gasteiger partial charge on any atom is -0.415 e. The minimum atomic E-state index is -0.571. The van der Waals surface area contributed by atoms with Gasteiger partial charge in [0.05, 0.1) is 4.92 Å². The summed E-state index contributed by atoms with van der Waals surface area (Å²) < 4.78 is 5.52. The van der Waals surface area contributed by atoms with Gasteiger partial charge in [0.2, 0.25) is 5.89 Å². The molecule has 126 valence electrons. The summed E-state index contributed by atoms with van der Waals surface area (Å²) in [5, 5.41) is 19.5. The van der Waals surface area contributed by atoms with Gasteiger partial charge < -0.3 is 4.42 Å². The van der Waals surface area contributed by atoms with E-state index in [2.05, 4.69) is 10.2 Å². The van der Waals surface area contributed by atoms with Crippen molar-refractivity contribution in [2.24, 2.45) is 0 Å². The van der Waals surface area contributed by atoms with E-state index in [9.17, 15) is 10.1 Å². The maximum atomic E-state index is 10.9. The molecule has 0 aliphatic heterocycles. The molecule has 1 aromatic heterocycles. The van der Waals surface area contributed by atoms with Crippen LogP contribution in [-0.2, 0) is 0 Å². The number of aromatic nitrogens is 2. The predicted molar refractivity (Wildman–Crippen MR) is 96.6 cm³/mol. The minimum absolute atomic E-state index is 0.0427. The molecule has 0 saturated heterocycles. The van der Waals surface area contributed by atoms with Crippen LogP contribution in [0.1, 0.15) is 11.5 Å². The molecule has 0 saturated carbocycles. The summed E-state index contributed by atoms with van der Waals surface area (Å²) in [6.45, 7) is 0. The van der Waals surface area contributed by atoms with Gasteiger partial charge in [-0.3, -0.25) is 10.1 Å². The van der Waals surface area contributed by atoms with Crippen LogP contribution in [0.3, 0.4) is 0 Å².